The van der Waals surface area contributed by atoms with Crippen LogP contribution >= 0.6 is 0 Å². The fourth-order valence-corrected chi connectivity index (χ4v) is 2.31. The molecule has 2 rings (SSSR count). The third-order valence-corrected chi connectivity index (χ3v) is 3.80. The average molecular weight is 363 g/mol. The molecule has 2 aromatic heterocycles. The number of hydrogen-bond donors (Lipinski definition) is 3. The zero-order valence-corrected chi connectivity index (χ0v) is 15.7. The molecule has 0 saturated carbocycles. The summed E-state index contributed by atoms with van der Waals surface area (Å²) >= 11 is 0. The first-order valence-corrected chi connectivity index (χ1v) is 8.85. The first-order valence-electron chi connectivity index (χ1n) is 8.85. The highest BCUT2D eigenvalue weighted by Crippen LogP contribution is 2.19. The van der Waals surface area contributed by atoms with Gasteiger partial charge < -0.3 is 24.9 Å². The van der Waals surface area contributed by atoms with Gasteiger partial charge in [-0.25, -0.2) is 4.99 Å². The van der Waals surface area contributed by atoms with Crippen LogP contribution in [0.2, 0.25) is 0 Å². The van der Waals surface area contributed by atoms with Crippen molar-refractivity contribution in [3.05, 3.63) is 42.1 Å². The maximum absolute atomic E-state index is 10.6. The molecule has 1 unspecified atom stereocenters. The summed E-state index contributed by atoms with van der Waals surface area (Å²) in [6.07, 6.45) is 5.93. The van der Waals surface area contributed by atoms with E-state index in [4.69, 9.17) is 9.15 Å². The van der Waals surface area contributed by atoms with E-state index in [0.717, 1.165) is 30.8 Å². The maximum Gasteiger partial charge on any atom is 0.191 e. The molecule has 3 N–H and O–H groups in total. The summed E-state index contributed by atoms with van der Waals surface area (Å²) < 4.78 is 12.4. The Labute approximate surface area is 154 Å². The molecule has 0 amide bonds. The van der Waals surface area contributed by atoms with Gasteiger partial charge in [0, 0.05) is 38.5 Å². The molecule has 8 nitrogen and oxygen atoms in total. The average Bonchev–Trinajstić information content (AvgIpc) is 3.27. The largest absolute Gasteiger partial charge is 0.467 e. The van der Waals surface area contributed by atoms with Crippen molar-refractivity contribution in [3.63, 3.8) is 0 Å². The number of aryl methyl sites for hydroxylation is 1. The molecular weight excluding hydrogens is 334 g/mol. The number of aliphatic hydroxyl groups is 1. The number of ether oxygens (including phenoxy) is 1. The lowest BCUT2D eigenvalue weighted by atomic mass is 10.0. The summed E-state index contributed by atoms with van der Waals surface area (Å²) in [6, 6.07) is 3.74. The fraction of sp³-hybridized carbons (Fsp3) is 0.556. The van der Waals surface area contributed by atoms with Crippen molar-refractivity contribution in [3.8, 4) is 0 Å². The lowest BCUT2D eigenvalue weighted by Gasteiger charge is -2.20. The van der Waals surface area contributed by atoms with Gasteiger partial charge in [-0.1, -0.05) is 0 Å². The predicted molar refractivity (Wildman–Crippen MR) is 99.7 cm³/mol. The van der Waals surface area contributed by atoms with Gasteiger partial charge in [0.25, 0.3) is 0 Å². The second-order valence-electron chi connectivity index (χ2n) is 6.28. The molecule has 0 aromatic carbocycles. The summed E-state index contributed by atoms with van der Waals surface area (Å²) in [7, 11) is 1.82. The molecular formula is C18H29N5O3. The zero-order valence-electron chi connectivity index (χ0n) is 15.7. The predicted octanol–water partition coefficient (Wildman–Crippen LogP) is 1.38. The van der Waals surface area contributed by atoms with Crippen LogP contribution in [0.1, 0.15) is 31.6 Å². The Balaban J connectivity index is 1.73. The number of furan rings is 1. The molecule has 1 atom stereocenters. The van der Waals surface area contributed by atoms with Crippen LogP contribution in [0.5, 0.6) is 0 Å². The van der Waals surface area contributed by atoms with Gasteiger partial charge in [-0.05, 0) is 32.4 Å². The first-order chi connectivity index (χ1) is 12.5. The molecule has 0 aliphatic rings. The van der Waals surface area contributed by atoms with E-state index in [1.54, 1.807) is 30.3 Å². The Morgan fingerprint density at radius 2 is 2.31 bits per heavy atom. The van der Waals surface area contributed by atoms with Gasteiger partial charge in [0.1, 0.15) is 18.0 Å². The smallest absolute Gasteiger partial charge is 0.191 e. The number of nitrogens with one attached hydrogen (secondary N) is 2. The molecule has 0 radical (unpaired) electrons. The number of aromatic nitrogens is 2. The number of guanidine groups is 1. The highest BCUT2D eigenvalue weighted by molar-refractivity contribution is 5.79. The summed E-state index contributed by atoms with van der Waals surface area (Å²) in [6.45, 7) is 6.55. The Bertz CT molecular complexity index is 664. The van der Waals surface area contributed by atoms with Gasteiger partial charge in [-0.15, -0.1) is 0 Å². The molecule has 0 spiro atoms. The van der Waals surface area contributed by atoms with Crippen molar-refractivity contribution in [1.82, 2.24) is 20.4 Å². The van der Waals surface area contributed by atoms with Gasteiger partial charge in [0.2, 0.25) is 0 Å². The minimum absolute atomic E-state index is 0.239. The topological polar surface area (TPSA) is 96.8 Å². The van der Waals surface area contributed by atoms with E-state index in [1.807, 2.05) is 26.1 Å². The van der Waals surface area contributed by atoms with Crippen LogP contribution in [0.15, 0.2) is 40.2 Å². The van der Waals surface area contributed by atoms with E-state index in [2.05, 4.69) is 20.7 Å². The van der Waals surface area contributed by atoms with Crippen molar-refractivity contribution >= 4 is 5.96 Å². The third kappa shape index (κ3) is 6.53. The molecule has 0 aliphatic carbocycles. The van der Waals surface area contributed by atoms with E-state index < -0.39 is 5.60 Å². The van der Waals surface area contributed by atoms with E-state index in [1.165, 1.54) is 0 Å². The highest BCUT2D eigenvalue weighted by Gasteiger charge is 2.24. The second kappa shape index (κ2) is 9.98. The van der Waals surface area contributed by atoms with Gasteiger partial charge >= 0.3 is 0 Å². The van der Waals surface area contributed by atoms with Gasteiger partial charge in [-0.3, -0.25) is 4.68 Å². The molecule has 26 heavy (non-hydrogen) atoms. The van der Waals surface area contributed by atoms with Crippen LogP contribution in [0.25, 0.3) is 0 Å². The van der Waals surface area contributed by atoms with Crippen molar-refractivity contribution < 1.29 is 14.3 Å². The normalized spacial score (nSPS) is 14.2. The molecule has 0 fully saturated rings. The van der Waals surface area contributed by atoms with E-state index in [0.29, 0.717) is 19.2 Å². The van der Waals surface area contributed by atoms with Crippen LogP contribution in [0, 0.1) is 0 Å². The molecule has 2 heterocycles. The van der Waals surface area contributed by atoms with Crippen molar-refractivity contribution in [2.75, 3.05) is 26.2 Å². The van der Waals surface area contributed by atoms with Gasteiger partial charge in [0.05, 0.1) is 19.0 Å². The monoisotopic (exact) mass is 363 g/mol. The Hall–Kier alpha value is -2.32. The number of hydrogen-bond acceptors (Lipinski definition) is 5. The molecule has 0 saturated heterocycles. The van der Waals surface area contributed by atoms with Crippen molar-refractivity contribution in [1.29, 1.82) is 0 Å². The fourth-order valence-electron chi connectivity index (χ4n) is 2.31. The third-order valence-electron chi connectivity index (χ3n) is 3.80. The zero-order chi connectivity index (χ0) is 18.8. The summed E-state index contributed by atoms with van der Waals surface area (Å²) in [5.41, 5.74) is -0.325. The molecule has 8 heteroatoms. The molecule has 0 aliphatic heterocycles. The summed E-state index contributed by atoms with van der Waals surface area (Å²) in [5.74, 6) is 1.49. The van der Waals surface area contributed by atoms with Gasteiger partial charge in [0.15, 0.2) is 5.96 Å². The second-order valence-corrected chi connectivity index (χ2v) is 6.28. The lowest BCUT2D eigenvalue weighted by molar-refractivity contribution is 0.0671. The highest BCUT2D eigenvalue weighted by atomic mass is 16.5. The van der Waals surface area contributed by atoms with Gasteiger partial charge in [-0.2, -0.15) is 5.10 Å². The van der Waals surface area contributed by atoms with E-state index in [-0.39, 0.29) is 6.54 Å². The maximum atomic E-state index is 10.6. The number of rotatable bonds is 10. The summed E-state index contributed by atoms with van der Waals surface area (Å²) in [5, 5.41) is 21.1. The Kier molecular flexibility index (Phi) is 7.68. The molecule has 2 aromatic rings. The quantitative estimate of drug-likeness (QED) is 0.335. The van der Waals surface area contributed by atoms with Crippen molar-refractivity contribution in [2.45, 2.75) is 32.5 Å². The van der Waals surface area contributed by atoms with Crippen LogP contribution in [0.3, 0.4) is 0 Å². The van der Waals surface area contributed by atoms with E-state index >= 15 is 0 Å². The van der Waals surface area contributed by atoms with Crippen LogP contribution in [0.4, 0.5) is 0 Å². The number of nitrogens with zero attached hydrogens (tertiary/aromatic N) is 3. The van der Waals surface area contributed by atoms with E-state index in [9.17, 15) is 5.11 Å². The minimum atomic E-state index is -1.07. The SMILES string of the molecule is CCNC(=NCC(C)(O)c1cnn(C)c1)NCCCOCc1ccco1. The molecule has 144 valence electrons. The van der Waals surface area contributed by atoms with Crippen LogP contribution in [-0.4, -0.2) is 47.1 Å². The lowest BCUT2D eigenvalue weighted by Crippen LogP contribution is -2.39. The van der Waals surface area contributed by atoms with Crippen LogP contribution < -0.4 is 10.6 Å². The Morgan fingerprint density at radius 3 is 2.96 bits per heavy atom. The number of aliphatic imine (C=N–C) groups is 1. The minimum Gasteiger partial charge on any atom is -0.467 e. The standard InChI is InChI=1S/C18H29N5O3/c1-4-19-17(20-8-6-9-25-13-16-7-5-10-26-16)21-14-18(2,24)15-11-22-23(3)12-15/h5,7,10-12,24H,4,6,8-9,13-14H2,1-3H3,(H2,19,20,21). The first kappa shape index (κ1) is 20.0. The molecule has 0 bridgehead atoms. The van der Waals surface area contributed by atoms with Crippen LogP contribution in [-0.2, 0) is 24.0 Å². The van der Waals surface area contributed by atoms with Crippen molar-refractivity contribution in [2.24, 2.45) is 12.0 Å². The Morgan fingerprint density at radius 1 is 1.46 bits per heavy atom. The summed E-state index contributed by atoms with van der Waals surface area (Å²) in [4.78, 5) is 4.48.